The number of carbonyl (C=O) groups excluding carboxylic acids is 1. The number of benzene rings is 2. The lowest BCUT2D eigenvalue weighted by Crippen LogP contribution is -2.07. The second-order valence-corrected chi connectivity index (χ2v) is 6.77. The van der Waals surface area contributed by atoms with Crippen molar-refractivity contribution in [3.63, 3.8) is 0 Å². The molecule has 3 heteroatoms. The van der Waals surface area contributed by atoms with Crippen LogP contribution in [0.5, 0.6) is 5.75 Å². The normalized spacial score (nSPS) is 10.6. The van der Waals surface area contributed by atoms with Crippen molar-refractivity contribution in [2.24, 2.45) is 0 Å². The summed E-state index contributed by atoms with van der Waals surface area (Å²) < 4.78 is 5.64. The molecule has 27 heavy (non-hydrogen) atoms. The lowest BCUT2D eigenvalue weighted by atomic mass is 9.99. The van der Waals surface area contributed by atoms with Crippen molar-refractivity contribution >= 4 is 5.78 Å². The second-order valence-electron chi connectivity index (χ2n) is 6.77. The quantitative estimate of drug-likeness (QED) is 0.555. The van der Waals surface area contributed by atoms with Gasteiger partial charge in [-0.25, -0.2) is 0 Å². The van der Waals surface area contributed by atoms with Gasteiger partial charge in [-0.15, -0.1) is 0 Å². The van der Waals surface area contributed by atoms with Crippen molar-refractivity contribution in [2.45, 2.75) is 33.1 Å². The van der Waals surface area contributed by atoms with Crippen LogP contribution in [0.1, 0.15) is 30.2 Å². The van der Waals surface area contributed by atoms with E-state index in [9.17, 15) is 4.79 Å². The fraction of sp³-hybridized carbons (Fsp3) is 0.250. The van der Waals surface area contributed by atoms with Gasteiger partial charge in [-0.2, -0.15) is 0 Å². The van der Waals surface area contributed by atoms with Gasteiger partial charge in [0.15, 0.2) is 0 Å². The Bertz CT molecular complexity index is 900. The summed E-state index contributed by atoms with van der Waals surface area (Å²) in [7, 11) is 0. The topological polar surface area (TPSA) is 39.2 Å². The zero-order valence-electron chi connectivity index (χ0n) is 15.9. The Hall–Kier alpha value is -2.94. The molecule has 2 aromatic carbocycles. The zero-order chi connectivity index (χ0) is 19.1. The van der Waals surface area contributed by atoms with E-state index >= 15 is 0 Å². The van der Waals surface area contributed by atoms with E-state index < -0.39 is 0 Å². The lowest BCUT2D eigenvalue weighted by molar-refractivity contribution is -0.117. The van der Waals surface area contributed by atoms with E-state index in [2.05, 4.69) is 30.1 Å². The van der Waals surface area contributed by atoms with Crippen molar-refractivity contribution in [2.75, 3.05) is 6.61 Å². The summed E-state index contributed by atoms with van der Waals surface area (Å²) in [6, 6.07) is 20.1. The number of Topliss-reactive ketones (excluding diaryl/α,β-unsaturated/α-hetero) is 1. The van der Waals surface area contributed by atoms with Gasteiger partial charge in [-0.3, -0.25) is 9.78 Å². The van der Waals surface area contributed by atoms with E-state index in [1.807, 2.05) is 55.6 Å². The van der Waals surface area contributed by atoms with Crippen LogP contribution in [0.2, 0.25) is 0 Å². The SMILES string of the molecule is CCCOc1cccc(CC(=O)Cc2ccc(-c3ccnc(C)c3)cc2)c1. The first-order valence-corrected chi connectivity index (χ1v) is 9.39. The van der Waals surface area contributed by atoms with Crippen molar-refractivity contribution in [3.05, 3.63) is 83.7 Å². The van der Waals surface area contributed by atoms with E-state index in [0.717, 1.165) is 40.1 Å². The molecular weight excluding hydrogens is 334 g/mol. The Morgan fingerprint density at radius 3 is 2.44 bits per heavy atom. The molecule has 0 saturated carbocycles. The summed E-state index contributed by atoms with van der Waals surface area (Å²) in [5.41, 5.74) is 5.31. The lowest BCUT2D eigenvalue weighted by Gasteiger charge is -2.07. The van der Waals surface area contributed by atoms with Gasteiger partial charge in [0.2, 0.25) is 0 Å². The van der Waals surface area contributed by atoms with Crippen molar-refractivity contribution in [1.82, 2.24) is 4.98 Å². The molecule has 0 bridgehead atoms. The monoisotopic (exact) mass is 359 g/mol. The number of nitrogens with zero attached hydrogens (tertiary/aromatic N) is 1. The maximum absolute atomic E-state index is 12.5. The van der Waals surface area contributed by atoms with Crippen LogP contribution in [0, 0.1) is 6.92 Å². The zero-order valence-corrected chi connectivity index (χ0v) is 15.9. The molecule has 0 unspecified atom stereocenters. The average Bonchev–Trinajstić information content (AvgIpc) is 2.67. The fourth-order valence-electron chi connectivity index (χ4n) is 3.02. The fourth-order valence-corrected chi connectivity index (χ4v) is 3.02. The Balaban J connectivity index is 1.61. The molecule has 3 nitrogen and oxygen atoms in total. The highest BCUT2D eigenvalue weighted by Gasteiger charge is 2.07. The maximum atomic E-state index is 12.5. The molecule has 0 aliphatic rings. The highest BCUT2D eigenvalue weighted by Crippen LogP contribution is 2.20. The molecule has 3 rings (SSSR count). The summed E-state index contributed by atoms with van der Waals surface area (Å²) in [5.74, 6) is 1.04. The third-order valence-corrected chi connectivity index (χ3v) is 4.36. The van der Waals surface area contributed by atoms with Gasteiger partial charge in [-0.05, 0) is 59.9 Å². The third-order valence-electron chi connectivity index (χ3n) is 4.36. The first-order chi connectivity index (χ1) is 13.1. The number of hydrogen-bond acceptors (Lipinski definition) is 3. The molecule has 138 valence electrons. The molecule has 0 atom stereocenters. The number of ketones is 1. The van der Waals surface area contributed by atoms with E-state index in [1.54, 1.807) is 0 Å². The van der Waals surface area contributed by atoms with Crippen LogP contribution in [-0.2, 0) is 17.6 Å². The molecule has 0 spiro atoms. The Labute approximate surface area is 161 Å². The number of ether oxygens (including phenoxy) is 1. The Morgan fingerprint density at radius 2 is 1.70 bits per heavy atom. The van der Waals surface area contributed by atoms with E-state index in [4.69, 9.17) is 4.74 Å². The van der Waals surface area contributed by atoms with Crippen molar-refractivity contribution in [3.8, 4) is 16.9 Å². The van der Waals surface area contributed by atoms with Crippen LogP contribution >= 0.6 is 0 Å². The highest BCUT2D eigenvalue weighted by molar-refractivity contribution is 5.83. The van der Waals surface area contributed by atoms with Crippen molar-refractivity contribution in [1.29, 1.82) is 0 Å². The molecule has 0 amide bonds. The van der Waals surface area contributed by atoms with Gasteiger partial charge in [0, 0.05) is 24.7 Å². The minimum absolute atomic E-state index is 0.204. The van der Waals surface area contributed by atoms with Crippen molar-refractivity contribution < 1.29 is 9.53 Å². The predicted molar refractivity (Wildman–Crippen MR) is 109 cm³/mol. The smallest absolute Gasteiger partial charge is 0.141 e. The summed E-state index contributed by atoms with van der Waals surface area (Å²) in [5, 5.41) is 0. The van der Waals surface area contributed by atoms with Gasteiger partial charge in [0.25, 0.3) is 0 Å². The molecule has 0 fully saturated rings. The summed E-state index contributed by atoms with van der Waals surface area (Å²) >= 11 is 0. The average molecular weight is 359 g/mol. The number of rotatable bonds is 8. The number of aryl methyl sites for hydroxylation is 1. The van der Waals surface area contributed by atoms with Crippen LogP contribution in [0.15, 0.2) is 66.9 Å². The summed E-state index contributed by atoms with van der Waals surface area (Å²) in [6.45, 7) is 4.76. The second kappa shape index (κ2) is 9.13. The number of hydrogen-bond donors (Lipinski definition) is 0. The van der Waals surface area contributed by atoms with Gasteiger partial charge >= 0.3 is 0 Å². The Morgan fingerprint density at radius 1 is 0.926 bits per heavy atom. The van der Waals surface area contributed by atoms with Gasteiger partial charge in [0.1, 0.15) is 11.5 Å². The standard InChI is InChI=1S/C24H25NO2/c1-3-13-27-24-6-4-5-20(17-24)16-23(26)15-19-7-9-21(10-8-19)22-11-12-25-18(2)14-22/h4-12,14,17H,3,13,15-16H2,1-2H3. The largest absolute Gasteiger partial charge is 0.494 e. The Kier molecular flexibility index (Phi) is 6.37. The van der Waals surface area contributed by atoms with Gasteiger partial charge in [-0.1, -0.05) is 43.3 Å². The maximum Gasteiger partial charge on any atom is 0.141 e. The minimum Gasteiger partial charge on any atom is -0.494 e. The van der Waals surface area contributed by atoms with Crippen LogP contribution in [0.3, 0.4) is 0 Å². The van der Waals surface area contributed by atoms with Crippen LogP contribution in [0.4, 0.5) is 0 Å². The third kappa shape index (κ3) is 5.52. The molecule has 1 aromatic heterocycles. The van der Waals surface area contributed by atoms with Gasteiger partial charge < -0.3 is 4.74 Å². The minimum atomic E-state index is 0.204. The van der Waals surface area contributed by atoms with Crippen LogP contribution in [0.25, 0.3) is 11.1 Å². The molecular formula is C24H25NO2. The van der Waals surface area contributed by atoms with E-state index in [0.29, 0.717) is 19.4 Å². The van der Waals surface area contributed by atoms with Crippen LogP contribution < -0.4 is 4.74 Å². The molecule has 1 heterocycles. The van der Waals surface area contributed by atoms with Crippen LogP contribution in [-0.4, -0.2) is 17.4 Å². The molecule has 0 N–H and O–H groups in total. The first-order valence-electron chi connectivity index (χ1n) is 9.39. The van der Waals surface area contributed by atoms with E-state index in [1.165, 1.54) is 0 Å². The highest BCUT2D eigenvalue weighted by atomic mass is 16.5. The molecule has 0 aliphatic heterocycles. The first kappa shape index (κ1) is 18.8. The number of carbonyl (C=O) groups is 1. The van der Waals surface area contributed by atoms with E-state index in [-0.39, 0.29) is 5.78 Å². The number of aromatic nitrogens is 1. The molecule has 3 aromatic rings. The molecule has 0 aliphatic carbocycles. The van der Waals surface area contributed by atoms with Gasteiger partial charge in [0.05, 0.1) is 6.61 Å². The molecule has 0 radical (unpaired) electrons. The predicted octanol–water partition coefficient (Wildman–Crippen LogP) is 5.20. The summed E-state index contributed by atoms with van der Waals surface area (Å²) in [4.78, 5) is 16.7. The molecule has 0 saturated heterocycles. The summed E-state index contributed by atoms with van der Waals surface area (Å²) in [6.07, 6.45) is 3.66. The number of pyridine rings is 1.